The van der Waals surface area contributed by atoms with E-state index in [1.54, 1.807) is 13.1 Å². The Morgan fingerprint density at radius 2 is 1.04 bits per heavy atom. The Balaban J connectivity index is 0.000000356. The molecule has 10 nitrogen and oxygen atoms in total. The molecule has 47 heavy (non-hydrogen) atoms. The van der Waals surface area contributed by atoms with Gasteiger partial charge in [0.2, 0.25) is 11.8 Å². The molecule has 3 aromatic carbocycles. The van der Waals surface area contributed by atoms with Crippen LogP contribution in [0.1, 0.15) is 61.6 Å². The third-order valence-electron chi connectivity index (χ3n) is 7.80. The molecule has 0 saturated heterocycles. The molecule has 0 saturated carbocycles. The average molecular weight is 652 g/mol. The van der Waals surface area contributed by atoms with Gasteiger partial charge in [0, 0.05) is 17.9 Å². The third-order valence-corrected chi connectivity index (χ3v) is 7.80. The number of para-hydroxylation sites is 2. The van der Waals surface area contributed by atoms with Crippen molar-refractivity contribution in [2.24, 2.45) is 0 Å². The fourth-order valence-corrected chi connectivity index (χ4v) is 4.74. The highest BCUT2D eigenvalue weighted by molar-refractivity contribution is 5.94. The van der Waals surface area contributed by atoms with Crippen LogP contribution in [-0.2, 0) is 9.59 Å². The quantitative estimate of drug-likeness (QED) is 0.133. The number of aromatic hydroxyl groups is 2. The van der Waals surface area contributed by atoms with E-state index in [0.717, 1.165) is 59.8 Å². The lowest BCUT2D eigenvalue weighted by Crippen LogP contribution is -2.33. The molecule has 0 radical (unpaired) electrons. The molecule has 0 spiro atoms. The minimum absolute atomic E-state index is 0.0612. The fraction of sp³-hybridized carbons (Fsp3) is 0.459. The number of hydrogen-bond acceptors (Lipinski definition) is 8. The van der Waals surface area contributed by atoms with Crippen LogP contribution in [0.5, 0.6) is 11.5 Å². The van der Waals surface area contributed by atoms with Crippen molar-refractivity contribution >= 4 is 23.2 Å². The Bertz CT molecular complexity index is 1270. The number of aliphatic hydroxyl groups is 1. The summed E-state index contributed by atoms with van der Waals surface area (Å²) in [6.07, 6.45) is -0.670. The monoisotopic (exact) mass is 651 g/mol. The summed E-state index contributed by atoms with van der Waals surface area (Å²) in [6, 6.07) is 16.3. The van der Waals surface area contributed by atoms with Gasteiger partial charge in [0.15, 0.2) is 11.5 Å². The highest BCUT2D eigenvalue weighted by atomic mass is 16.3. The SMILES string of the molecule is CCN(CC)CC(=O)Nc1c(C)cccc1C.CCN(CC)CC(=O)Nc1c(C)cccc1C.CNC[C@H](O)c1ccc(O)c(O)c1. The number of amides is 2. The maximum Gasteiger partial charge on any atom is 0.238 e. The first-order valence-electron chi connectivity index (χ1n) is 16.3. The zero-order valence-corrected chi connectivity index (χ0v) is 29.8. The van der Waals surface area contributed by atoms with E-state index in [9.17, 15) is 14.7 Å². The second-order valence-corrected chi connectivity index (χ2v) is 11.4. The maximum atomic E-state index is 11.9. The van der Waals surface area contributed by atoms with Gasteiger partial charge >= 0.3 is 0 Å². The molecular weight excluding hydrogens is 594 g/mol. The summed E-state index contributed by atoms with van der Waals surface area (Å²) in [6.45, 7) is 21.2. The molecule has 10 heteroatoms. The summed E-state index contributed by atoms with van der Waals surface area (Å²) in [5.74, 6) is -0.273. The van der Waals surface area contributed by atoms with Crippen LogP contribution in [-0.4, -0.2) is 89.8 Å². The predicted octanol–water partition coefficient (Wildman–Crippen LogP) is 5.52. The van der Waals surface area contributed by atoms with Crippen molar-refractivity contribution in [1.29, 1.82) is 0 Å². The second kappa shape index (κ2) is 21.8. The van der Waals surface area contributed by atoms with Gasteiger partial charge in [-0.3, -0.25) is 19.4 Å². The lowest BCUT2D eigenvalue weighted by Gasteiger charge is -2.18. The normalized spacial score (nSPS) is 11.2. The summed E-state index contributed by atoms with van der Waals surface area (Å²) >= 11 is 0. The molecule has 260 valence electrons. The molecule has 0 aliphatic heterocycles. The van der Waals surface area contributed by atoms with Crippen LogP contribution in [0.3, 0.4) is 0 Å². The number of aliphatic hydroxyl groups excluding tert-OH is 1. The van der Waals surface area contributed by atoms with Crippen LogP contribution in [0.2, 0.25) is 0 Å². The highest BCUT2D eigenvalue weighted by Gasteiger charge is 2.12. The summed E-state index contributed by atoms with van der Waals surface area (Å²) < 4.78 is 0. The Hall–Kier alpha value is -3.96. The number of carbonyl (C=O) groups is 2. The van der Waals surface area contributed by atoms with Crippen LogP contribution >= 0.6 is 0 Å². The van der Waals surface area contributed by atoms with Crippen LogP contribution in [0, 0.1) is 27.7 Å². The molecule has 1 atom stereocenters. The minimum atomic E-state index is -0.670. The van der Waals surface area contributed by atoms with Gasteiger partial charge in [-0.15, -0.1) is 0 Å². The van der Waals surface area contributed by atoms with Gasteiger partial charge in [0.25, 0.3) is 0 Å². The van der Waals surface area contributed by atoms with Gasteiger partial charge in [-0.2, -0.15) is 0 Å². The van der Waals surface area contributed by atoms with Crippen molar-refractivity contribution in [3.63, 3.8) is 0 Å². The highest BCUT2D eigenvalue weighted by Crippen LogP contribution is 2.27. The molecule has 3 rings (SSSR count). The Labute approximate surface area is 281 Å². The van der Waals surface area contributed by atoms with Gasteiger partial charge < -0.3 is 31.3 Å². The number of carbonyl (C=O) groups excluding carboxylic acids is 2. The molecule has 6 N–H and O–H groups in total. The predicted molar refractivity (Wildman–Crippen MR) is 193 cm³/mol. The van der Waals surface area contributed by atoms with Gasteiger partial charge in [0.05, 0.1) is 19.2 Å². The topological polar surface area (TPSA) is 137 Å². The molecule has 0 heterocycles. The number of hydrogen-bond donors (Lipinski definition) is 6. The summed E-state index contributed by atoms with van der Waals surface area (Å²) in [4.78, 5) is 28.0. The van der Waals surface area contributed by atoms with E-state index in [-0.39, 0.29) is 23.3 Å². The summed E-state index contributed by atoms with van der Waals surface area (Å²) in [5, 5.41) is 36.4. The van der Waals surface area contributed by atoms with Gasteiger partial charge in [-0.05, 0) is 101 Å². The molecule has 0 aliphatic rings. The van der Waals surface area contributed by atoms with E-state index >= 15 is 0 Å². The number of anilines is 2. The van der Waals surface area contributed by atoms with Crippen molar-refractivity contribution < 1.29 is 24.9 Å². The van der Waals surface area contributed by atoms with E-state index in [1.165, 1.54) is 12.1 Å². The standard InChI is InChI=1S/2C14H22N2O.C9H13NO3/c2*1-5-16(6-2)10-13(17)15-14-11(3)8-7-9-12(14)4;1-10-5-9(13)6-2-3-7(11)8(12)4-6/h2*7-9H,5-6,10H2,1-4H3,(H,15,17);2-4,9-13H,5H2,1H3/t;;9-/m..0/s1. The molecule has 0 bridgehead atoms. The van der Waals surface area contributed by atoms with Gasteiger partial charge in [-0.1, -0.05) is 70.2 Å². The van der Waals surface area contributed by atoms with Crippen molar-refractivity contribution in [3.8, 4) is 11.5 Å². The molecule has 3 aromatic rings. The van der Waals surface area contributed by atoms with E-state index in [1.807, 2.05) is 64.1 Å². The lowest BCUT2D eigenvalue weighted by molar-refractivity contribution is -0.118. The number of likely N-dealkylation sites (N-methyl/N-ethyl adjacent to an activating group) is 3. The Morgan fingerprint density at radius 1 is 0.660 bits per heavy atom. The largest absolute Gasteiger partial charge is 0.504 e. The molecule has 0 unspecified atom stereocenters. The van der Waals surface area contributed by atoms with Crippen LogP contribution in [0.4, 0.5) is 11.4 Å². The van der Waals surface area contributed by atoms with Crippen LogP contribution in [0.15, 0.2) is 54.6 Å². The Kier molecular flexibility index (Phi) is 19.0. The third kappa shape index (κ3) is 14.6. The van der Waals surface area contributed by atoms with Crippen molar-refractivity contribution in [1.82, 2.24) is 15.1 Å². The van der Waals surface area contributed by atoms with Gasteiger partial charge in [0.1, 0.15) is 0 Å². The number of benzene rings is 3. The first-order chi connectivity index (χ1) is 22.3. The minimum Gasteiger partial charge on any atom is -0.504 e. The van der Waals surface area contributed by atoms with Crippen molar-refractivity contribution in [2.75, 3.05) is 63.5 Å². The van der Waals surface area contributed by atoms with Gasteiger partial charge in [-0.25, -0.2) is 0 Å². The van der Waals surface area contributed by atoms with Crippen molar-refractivity contribution in [3.05, 3.63) is 82.4 Å². The summed E-state index contributed by atoms with van der Waals surface area (Å²) in [5.41, 5.74) is 6.91. The molecule has 0 aliphatic carbocycles. The smallest absolute Gasteiger partial charge is 0.238 e. The molecule has 2 amide bonds. The van der Waals surface area contributed by atoms with E-state index < -0.39 is 6.10 Å². The van der Waals surface area contributed by atoms with E-state index in [4.69, 9.17) is 10.2 Å². The van der Waals surface area contributed by atoms with E-state index in [2.05, 4.69) is 53.4 Å². The summed E-state index contributed by atoms with van der Waals surface area (Å²) in [7, 11) is 1.73. The maximum absolute atomic E-state index is 11.9. The number of phenols is 2. The van der Waals surface area contributed by atoms with Crippen LogP contribution in [0.25, 0.3) is 0 Å². The number of phenolic OH excluding ortho intramolecular Hbond substituents is 2. The second-order valence-electron chi connectivity index (χ2n) is 11.4. The zero-order chi connectivity index (χ0) is 35.5. The van der Waals surface area contributed by atoms with E-state index in [0.29, 0.717) is 25.2 Å². The van der Waals surface area contributed by atoms with Crippen molar-refractivity contribution in [2.45, 2.75) is 61.5 Å². The lowest BCUT2D eigenvalue weighted by atomic mass is 10.1. The number of nitrogens with one attached hydrogen (secondary N) is 3. The average Bonchev–Trinajstić information content (AvgIpc) is 3.04. The first kappa shape index (κ1) is 41.1. The van der Waals surface area contributed by atoms with Crippen LogP contribution < -0.4 is 16.0 Å². The number of rotatable bonds is 13. The number of aryl methyl sites for hydroxylation is 4. The Morgan fingerprint density at radius 3 is 1.36 bits per heavy atom. The number of nitrogens with zero attached hydrogens (tertiary/aromatic N) is 2. The molecule has 0 fully saturated rings. The molecular formula is C37H57N5O5. The fourth-order valence-electron chi connectivity index (χ4n) is 4.74. The first-order valence-corrected chi connectivity index (χ1v) is 16.3. The zero-order valence-electron chi connectivity index (χ0n) is 29.8. The molecule has 0 aromatic heterocycles.